The topological polar surface area (TPSA) is 0 Å². The lowest BCUT2D eigenvalue weighted by Gasteiger charge is -2.07. The van der Waals surface area contributed by atoms with Gasteiger partial charge in [-0.15, -0.1) is 0 Å². The van der Waals surface area contributed by atoms with E-state index in [4.69, 9.17) is 0 Å². The van der Waals surface area contributed by atoms with Crippen LogP contribution in [0.5, 0.6) is 0 Å². The van der Waals surface area contributed by atoms with Crippen LogP contribution in [0.1, 0.15) is 5.56 Å². The highest BCUT2D eigenvalue weighted by molar-refractivity contribution is 9.11. The molecule has 3 heteroatoms. The van der Waals surface area contributed by atoms with Crippen LogP contribution in [0.25, 0.3) is 0 Å². The highest BCUT2D eigenvalue weighted by Crippen LogP contribution is 2.37. The van der Waals surface area contributed by atoms with Gasteiger partial charge < -0.3 is 0 Å². The molecule has 0 saturated heterocycles. The molecule has 0 bridgehead atoms. The van der Waals surface area contributed by atoms with Crippen molar-refractivity contribution in [1.29, 1.82) is 0 Å². The van der Waals surface area contributed by atoms with Crippen molar-refractivity contribution in [2.24, 2.45) is 0 Å². The molecule has 0 fully saturated rings. The summed E-state index contributed by atoms with van der Waals surface area (Å²) < 4.78 is 2.27. The molecule has 2 aromatic rings. The normalized spacial score (nSPS) is 10.4. The number of halogens is 2. The molecule has 0 amide bonds. The van der Waals surface area contributed by atoms with Crippen molar-refractivity contribution in [2.45, 2.75) is 16.7 Å². The molecule has 2 rings (SSSR count). The minimum Gasteiger partial charge on any atom is -0.0877 e. The standard InChI is InChI=1S/C13H10Br2S/c1-9-6-7-11(15)13(8-9)16-12-5-3-2-4-10(12)14/h2-8H,1H3. The molecule has 0 aliphatic carbocycles. The minimum absolute atomic E-state index is 1.13. The molecule has 0 spiro atoms. The van der Waals surface area contributed by atoms with E-state index in [0.717, 1.165) is 8.95 Å². The summed E-state index contributed by atoms with van der Waals surface area (Å²) in [5, 5.41) is 0. The predicted octanol–water partition coefficient (Wildman–Crippen LogP) is 5.67. The van der Waals surface area contributed by atoms with Crippen LogP contribution in [0.4, 0.5) is 0 Å². The molecular formula is C13H10Br2S. The first kappa shape index (κ1) is 12.2. The molecule has 0 saturated carbocycles. The third-order valence-corrected chi connectivity index (χ3v) is 5.18. The van der Waals surface area contributed by atoms with E-state index >= 15 is 0 Å². The van der Waals surface area contributed by atoms with E-state index in [-0.39, 0.29) is 0 Å². The third-order valence-electron chi connectivity index (χ3n) is 2.14. The summed E-state index contributed by atoms with van der Waals surface area (Å²) in [5.74, 6) is 0. The zero-order valence-electron chi connectivity index (χ0n) is 8.71. The molecule has 0 aromatic heterocycles. The van der Waals surface area contributed by atoms with Crippen molar-refractivity contribution < 1.29 is 0 Å². The Labute approximate surface area is 117 Å². The molecule has 0 N–H and O–H groups in total. The second-order valence-corrected chi connectivity index (χ2v) is 6.26. The van der Waals surface area contributed by atoms with Crippen LogP contribution in [0, 0.1) is 6.92 Å². The zero-order chi connectivity index (χ0) is 11.5. The average molecular weight is 358 g/mol. The highest BCUT2D eigenvalue weighted by Gasteiger charge is 2.05. The monoisotopic (exact) mass is 356 g/mol. The molecule has 0 atom stereocenters. The van der Waals surface area contributed by atoms with Gasteiger partial charge in [0.25, 0.3) is 0 Å². The first-order chi connectivity index (χ1) is 7.66. The summed E-state index contributed by atoms with van der Waals surface area (Å²) >= 11 is 8.90. The van der Waals surface area contributed by atoms with Gasteiger partial charge in [-0.1, -0.05) is 30.0 Å². The Kier molecular flexibility index (Phi) is 4.11. The van der Waals surface area contributed by atoms with Crippen LogP contribution in [-0.2, 0) is 0 Å². The van der Waals surface area contributed by atoms with Gasteiger partial charge in [-0.3, -0.25) is 0 Å². The van der Waals surface area contributed by atoms with Gasteiger partial charge in [-0.05, 0) is 68.6 Å². The first-order valence-electron chi connectivity index (χ1n) is 4.85. The average Bonchev–Trinajstić information content (AvgIpc) is 2.27. The van der Waals surface area contributed by atoms with E-state index in [1.165, 1.54) is 15.4 Å². The summed E-state index contributed by atoms with van der Waals surface area (Å²) in [4.78, 5) is 2.47. The van der Waals surface area contributed by atoms with Gasteiger partial charge in [0.15, 0.2) is 0 Å². The molecule has 0 aliphatic rings. The van der Waals surface area contributed by atoms with Crippen LogP contribution >= 0.6 is 43.6 Å². The summed E-state index contributed by atoms with van der Waals surface area (Å²) in [6, 6.07) is 14.6. The fourth-order valence-electron chi connectivity index (χ4n) is 1.33. The van der Waals surface area contributed by atoms with E-state index in [2.05, 4.69) is 75.2 Å². The fraction of sp³-hybridized carbons (Fsp3) is 0.0769. The lowest BCUT2D eigenvalue weighted by atomic mass is 10.2. The van der Waals surface area contributed by atoms with Crippen molar-refractivity contribution in [2.75, 3.05) is 0 Å². The Morgan fingerprint density at radius 3 is 2.31 bits per heavy atom. The first-order valence-corrected chi connectivity index (χ1v) is 7.25. The van der Waals surface area contributed by atoms with Gasteiger partial charge in [-0.25, -0.2) is 0 Å². The Morgan fingerprint density at radius 1 is 0.875 bits per heavy atom. The number of hydrogen-bond acceptors (Lipinski definition) is 1. The lowest BCUT2D eigenvalue weighted by molar-refractivity contribution is 1.31. The maximum Gasteiger partial charge on any atom is 0.0315 e. The van der Waals surface area contributed by atoms with E-state index in [0.29, 0.717) is 0 Å². The van der Waals surface area contributed by atoms with E-state index in [1.54, 1.807) is 11.8 Å². The maximum atomic E-state index is 3.58. The smallest absolute Gasteiger partial charge is 0.0315 e. The molecule has 0 nitrogen and oxygen atoms in total. The Hall–Kier alpha value is -0.250. The van der Waals surface area contributed by atoms with Crippen molar-refractivity contribution in [3.63, 3.8) is 0 Å². The predicted molar refractivity (Wildman–Crippen MR) is 77.1 cm³/mol. The summed E-state index contributed by atoms with van der Waals surface area (Å²) in [5.41, 5.74) is 1.28. The minimum atomic E-state index is 1.13. The van der Waals surface area contributed by atoms with Crippen LogP contribution in [0.3, 0.4) is 0 Å². The van der Waals surface area contributed by atoms with Gasteiger partial charge in [-0.2, -0.15) is 0 Å². The van der Waals surface area contributed by atoms with Crippen LogP contribution in [0.2, 0.25) is 0 Å². The molecule has 16 heavy (non-hydrogen) atoms. The van der Waals surface area contributed by atoms with Crippen molar-refractivity contribution in [1.82, 2.24) is 0 Å². The van der Waals surface area contributed by atoms with Crippen LogP contribution in [-0.4, -0.2) is 0 Å². The van der Waals surface area contributed by atoms with Gasteiger partial charge in [0.1, 0.15) is 0 Å². The van der Waals surface area contributed by atoms with Crippen LogP contribution < -0.4 is 0 Å². The van der Waals surface area contributed by atoms with Crippen molar-refractivity contribution >= 4 is 43.6 Å². The highest BCUT2D eigenvalue weighted by atomic mass is 79.9. The largest absolute Gasteiger partial charge is 0.0877 e. The second kappa shape index (κ2) is 5.39. The van der Waals surface area contributed by atoms with Gasteiger partial charge in [0.05, 0.1) is 0 Å². The third kappa shape index (κ3) is 2.90. The fourth-order valence-corrected chi connectivity index (χ4v) is 3.31. The molecule has 82 valence electrons. The Balaban J connectivity index is 2.34. The van der Waals surface area contributed by atoms with E-state index in [9.17, 15) is 0 Å². The molecule has 0 aliphatic heterocycles. The Morgan fingerprint density at radius 2 is 1.56 bits per heavy atom. The SMILES string of the molecule is Cc1ccc(Br)c(Sc2ccccc2Br)c1. The number of rotatable bonds is 2. The molecule has 0 heterocycles. The summed E-state index contributed by atoms with van der Waals surface area (Å²) in [6.45, 7) is 2.11. The van der Waals surface area contributed by atoms with E-state index < -0.39 is 0 Å². The van der Waals surface area contributed by atoms with Crippen molar-refractivity contribution in [3.8, 4) is 0 Å². The maximum absolute atomic E-state index is 3.58. The van der Waals surface area contributed by atoms with Crippen LogP contribution in [0.15, 0.2) is 61.2 Å². The summed E-state index contributed by atoms with van der Waals surface area (Å²) in [7, 11) is 0. The second-order valence-electron chi connectivity index (χ2n) is 3.47. The lowest BCUT2D eigenvalue weighted by Crippen LogP contribution is -1.79. The number of aryl methyl sites for hydroxylation is 1. The van der Waals surface area contributed by atoms with Crippen molar-refractivity contribution in [3.05, 3.63) is 57.0 Å². The molecule has 0 unspecified atom stereocenters. The molecule has 2 aromatic carbocycles. The van der Waals surface area contributed by atoms with E-state index in [1.807, 2.05) is 6.07 Å². The molecular weight excluding hydrogens is 348 g/mol. The number of hydrogen-bond donors (Lipinski definition) is 0. The number of benzene rings is 2. The zero-order valence-corrected chi connectivity index (χ0v) is 12.7. The van der Waals surface area contributed by atoms with Gasteiger partial charge in [0, 0.05) is 18.7 Å². The van der Waals surface area contributed by atoms with Gasteiger partial charge >= 0.3 is 0 Å². The molecule has 0 radical (unpaired) electrons. The quantitative estimate of drug-likeness (QED) is 0.667. The Bertz CT molecular complexity index is 509. The summed E-state index contributed by atoms with van der Waals surface area (Å²) in [6.07, 6.45) is 0. The van der Waals surface area contributed by atoms with Gasteiger partial charge in [0.2, 0.25) is 0 Å².